The molecule has 6 heteroatoms. The van der Waals surface area contributed by atoms with E-state index in [4.69, 9.17) is 0 Å². The molecule has 2 heterocycles. The van der Waals surface area contributed by atoms with Gasteiger partial charge in [0.2, 0.25) is 0 Å². The van der Waals surface area contributed by atoms with E-state index in [-0.39, 0.29) is 11.3 Å². The number of anilines is 2. The molecule has 21 heavy (non-hydrogen) atoms. The van der Waals surface area contributed by atoms with Crippen LogP contribution in [0.15, 0.2) is 18.3 Å². The van der Waals surface area contributed by atoms with Crippen LogP contribution in [0.5, 0.6) is 0 Å². The van der Waals surface area contributed by atoms with Crippen LogP contribution in [0.4, 0.5) is 11.5 Å². The lowest BCUT2D eigenvalue weighted by molar-refractivity contribution is 0.579. The molecule has 1 saturated heterocycles. The third-order valence-electron chi connectivity index (χ3n) is 4.54. The number of rotatable bonds is 4. The second-order valence-corrected chi connectivity index (χ2v) is 8.38. The fourth-order valence-electron chi connectivity index (χ4n) is 3.49. The highest BCUT2D eigenvalue weighted by molar-refractivity contribution is 7.91. The Labute approximate surface area is 126 Å². The van der Waals surface area contributed by atoms with Crippen molar-refractivity contribution in [3.05, 3.63) is 18.3 Å². The molecule has 1 N–H and O–H groups in total. The monoisotopic (exact) mass is 309 g/mol. The van der Waals surface area contributed by atoms with E-state index < -0.39 is 9.84 Å². The lowest BCUT2D eigenvalue weighted by Crippen LogP contribution is -2.35. The van der Waals surface area contributed by atoms with E-state index >= 15 is 0 Å². The van der Waals surface area contributed by atoms with Crippen LogP contribution in [-0.4, -0.2) is 44.0 Å². The van der Waals surface area contributed by atoms with Crippen molar-refractivity contribution in [2.75, 3.05) is 29.6 Å². The Kier molecular flexibility index (Phi) is 4.06. The van der Waals surface area contributed by atoms with E-state index in [1.165, 1.54) is 19.1 Å². The van der Waals surface area contributed by atoms with Crippen molar-refractivity contribution < 1.29 is 8.42 Å². The average Bonchev–Trinajstić information content (AvgIpc) is 3.09. The van der Waals surface area contributed by atoms with Crippen molar-refractivity contribution in [2.45, 2.75) is 43.4 Å². The van der Waals surface area contributed by atoms with Crippen molar-refractivity contribution in [2.24, 2.45) is 0 Å². The number of hydrogen-bond acceptors (Lipinski definition) is 5. The highest BCUT2D eigenvalue weighted by Crippen LogP contribution is 2.32. The number of nitrogens with one attached hydrogen (secondary N) is 1. The SMILES string of the molecule is CS(=O)(=O)C1CCCC1Nc1cccnc1N1CCCC1. The third kappa shape index (κ3) is 3.15. The molecular formula is C15H23N3O2S. The standard InChI is InChI=1S/C15H23N3O2S/c1-21(19,20)14-8-4-6-12(14)17-13-7-5-9-16-15(13)18-10-2-3-11-18/h5,7,9,12,14,17H,2-4,6,8,10-11H2,1H3. The Balaban J connectivity index is 1.81. The zero-order valence-electron chi connectivity index (χ0n) is 12.5. The van der Waals surface area contributed by atoms with Crippen molar-refractivity contribution >= 4 is 21.3 Å². The normalized spacial score (nSPS) is 26.2. The van der Waals surface area contributed by atoms with E-state index in [9.17, 15) is 8.42 Å². The van der Waals surface area contributed by atoms with Gasteiger partial charge in [0.1, 0.15) is 0 Å². The first kappa shape index (κ1) is 14.6. The summed E-state index contributed by atoms with van der Waals surface area (Å²) < 4.78 is 23.8. The summed E-state index contributed by atoms with van der Waals surface area (Å²) in [5.41, 5.74) is 0.972. The van der Waals surface area contributed by atoms with Gasteiger partial charge < -0.3 is 10.2 Å². The van der Waals surface area contributed by atoms with Gasteiger partial charge in [0.05, 0.1) is 10.9 Å². The molecule has 1 aliphatic heterocycles. The van der Waals surface area contributed by atoms with Gasteiger partial charge in [-0.05, 0) is 44.2 Å². The van der Waals surface area contributed by atoms with E-state index in [0.717, 1.165) is 43.9 Å². The van der Waals surface area contributed by atoms with Crippen LogP contribution in [0.3, 0.4) is 0 Å². The lowest BCUT2D eigenvalue weighted by Gasteiger charge is -2.25. The Hall–Kier alpha value is -1.30. The Morgan fingerprint density at radius 2 is 2.00 bits per heavy atom. The van der Waals surface area contributed by atoms with Crippen LogP contribution in [0, 0.1) is 0 Å². The highest BCUT2D eigenvalue weighted by atomic mass is 32.2. The minimum atomic E-state index is -3.00. The Bertz CT molecular complexity index is 597. The molecule has 0 aromatic carbocycles. The first-order chi connectivity index (χ1) is 10.1. The summed E-state index contributed by atoms with van der Waals surface area (Å²) in [6, 6.07) is 3.93. The van der Waals surface area contributed by atoms with Crippen LogP contribution in [-0.2, 0) is 9.84 Å². The van der Waals surface area contributed by atoms with Gasteiger partial charge in [0.25, 0.3) is 0 Å². The molecule has 0 spiro atoms. The van der Waals surface area contributed by atoms with Gasteiger partial charge in [0.15, 0.2) is 15.7 Å². The van der Waals surface area contributed by atoms with Crippen molar-refractivity contribution in [1.29, 1.82) is 0 Å². The number of aromatic nitrogens is 1. The molecule has 0 radical (unpaired) electrons. The van der Waals surface area contributed by atoms with Crippen LogP contribution >= 0.6 is 0 Å². The first-order valence-electron chi connectivity index (χ1n) is 7.71. The maximum atomic E-state index is 11.9. The first-order valence-corrected chi connectivity index (χ1v) is 9.66. The summed E-state index contributed by atoms with van der Waals surface area (Å²) in [6.07, 6.45) is 8.19. The minimum Gasteiger partial charge on any atom is -0.378 e. The summed E-state index contributed by atoms with van der Waals surface area (Å²) in [5.74, 6) is 0.967. The quantitative estimate of drug-likeness (QED) is 0.922. The topological polar surface area (TPSA) is 62.3 Å². The molecule has 1 aromatic heterocycles. The van der Waals surface area contributed by atoms with E-state index in [1.807, 2.05) is 18.3 Å². The maximum Gasteiger partial charge on any atom is 0.152 e. The minimum absolute atomic E-state index is 0.00514. The molecule has 116 valence electrons. The molecule has 5 nitrogen and oxygen atoms in total. The van der Waals surface area contributed by atoms with Gasteiger partial charge in [-0.1, -0.05) is 0 Å². The molecule has 3 rings (SSSR count). The number of pyridine rings is 1. The van der Waals surface area contributed by atoms with E-state index in [0.29, 0.717) is 0 Å². The zero-order valence-corrected chi connectivity index (χ0v) is 13.3. The summed E-state index contributed by atoms with van der Waals surface area (Å²) >= 11 is 0. The summed E-state index contributed by atoms with van der Waals surface area (Å²) in [6.45, 7) is 2.07. The molecule has 2 unspecified atom stereocenters. The van der Waals surface area contributed by atoms with E-state index in [2.05, 4.69) is 15.2 Å². The second kappa shape index (κ2) is 5.83. The smallest absolute Gasteiger partial charge is 0.152 e. The molecular weight excluding hydrogens is 286 g/mol. The molecule has 2 aliphatic rings. The second-order valence-electron chi connectivity index (χ2n) is 6.12. The predicted molar refractivity (Wildman–Crippen MR) is 85.6 cm³/mol. The Morgan fingerprint density at radius 1 is 1.24 bits per heavy atom. The lowest BCUT2D eigenvalue weighted by atomic mass is 10.2. The summed E-state index contributed by atoms with van der Waals surface area (Å²) in [4.78, 5) is 6.79. The Morgan fingerprint density at radius 3 is 2.71 bits per heavy atom. The predicted octanol–water partition coefficient (Wildman–Crippen LogP) is 2.06. The van der Waals surface area contributed by atoms with Crippen molar-refractivity contribution in [1.82, 2.24) is 4.98 Å². The zero-order chi connectivity index (χ0) is 14.9. The van der Waals surface area contributed by atoms with Crippen LogP contribution in [0.1, 0.15) is 32.1 Å². The third-order valence-corrected chi connectivity index (χ3v) is 6.20. The van der Waals surface area contributed by atoms with Crippen LogP contribution in [0.25, 0.3) is 0 Å². The van der Waals surface area contributed by atoms with Gasteiger partial charge in [-0.2, -0.15) is 0 Å². The molecule has 1 aliphatic carbocycles. The number of nitrogens with zero attached hydrogens (tertiary/aromatic N) is 2. The fraction of sp³-hybridized carbons (Fsp3) is 0.667. The summed E-state index contributed by atoms with van der Waals surface area (Å²) in [7, 11) is -3.00. The molecule has 0 bridgehead atoms. The van der Waals surface area contributed by atoms with Gasteiger partial charge in [-0.25, -0.2) is 13.4 Å². The van der Waals surface area contributed by atoms with Gasteiger partial charge in [-0.15, -0.1) is 0 Å². The molecule has 0 amide bonds. The van der Waals surface area contributed by atoms with Crippen molar-refractivity contribution in [3.8, 4) is 0 Å². The van der Waals surface area contributed by atoms with Crippen molar-refractivity contribution in [3.63, 3.8) is 0 Å². The number of sulfone groups is 1. The largest absolute Gasteiger partial charge is 0.378 e. The molecule has 1 saturated carbocycles. The molecule has 1 aromatic rings. The fourth-order valence-corrected chi connectivity index (χ4v) is 4.89. The highest BCUT2D eigenvalue weighted by Gasteiger charge is 2.35. The van der Waals surface area contributed by atoms with Gasteiger partial charge >= 0.3 is 0 Å². The number of hydrogen-bond donors (Lipinski definition) is 1. The molecule has 2 atom stereocenters. The van der Waals surface area contributed by atoms with E-state index in [1.54, 1.807) is 0 Å². The average molecular weight is 309 g/mol. The molecule has 2 fully saturated rings. The van der Waals surface area contributed by atoms with Crippen LogP contribution in [0.2, 0.25) is 0 Å². The van der Waals surface area contributed by atoms with Gasteiger partial charge in [-0.3, -0.25) is 0 Å². The maximum absolute atomic E-state index is 11.9. The summed E-state index contributed by atoms with van der Waals surface area (Å²) in [5, 5.41) is 3.19. The van der Waals surface area contributed by atoms with Crippen LogP contribution < -0.4 is 10.2 Å². The van der Waals surface area contributed by atoms with Gasteiger partial charge in [0, 0.05) is 31.6 Å².